The zero-order valence-electron chi connectivity index (χ0n) is 15.6. The van der Waals surface area contributed by atoms with E-state index in [4.69, 9.17) is 28.4 Å². The Labute approximate surface area is 155 Å². The van der Waals surface area contributed by atoms with Gasteiger partial charge in [0.2, 0.25) is 12.4 Å². The van der Waals surface area contributed by atoms with Gasteiger partial charge in [0.1, 0.15) is 12.7 Å². The first kappa shape index (κ1) is 22.4. The molecule has 0 N–H and O–H groups in total. The lowest BCUT2D eigenvalue weighted by atomic mass is 10.1. The van der Waals surface area contributed by atoms with Gasteiger partial charge < -0.3 is 28.4 Å². The highest BCUT2D eigenvalue weighted by Gasteiger charge is 2.55. The van der Waals surface area contributed by atoms with Crippen LogP contribution in [0.4, 0.5) is 0 Å². The predicted molar refractivity (Wildman–Crippen MR) is 83.7 cm³/mol. The van der Waals surface area contributed by atoms with Crippen molar-refractivity contribution in [1.82, 2.24) is 0 Å². The van der Waals surface area contributed by atoms with E-state index in [0.717, 1.165) is 34.6 Å². The summed E-state index contributed by atoms with van der Waals surface area (Å²) in [5.41, 5.74) is 0. The van der Waals surface area contributed by atoms with E-state index in [9.17, 15) is 24.0 Å². The summed E-state index contributed by atoms with van der Waals surface area (Å²) in [4.78, 5) is 56.7. The lowest BCUT2D eigenvalue weighted by Crippen LogP contribution is -2.46. The van der Waals surface area contributed by atoms with Gasteiger partial charge in [-0.15, -0.1) is 0 Å². The highest BCUT2D eigenvalue weighted by molar-refractivity contribution is 5.69. The number of carbonyl (C=O) groups is 5. The number of carbonyl (C=O) groups excluding carboxylic acids is 5. The average molecular weight is 390 g/mol. The maximum absolute atomic E-state index is 11.5. The van der Waals surface area contributed by atoms with Crippen molar-refractivity contribution < 1.29 is 52.4 Å². The Bertz CT molecular complexity index is 599. The van der Waals surface area contributed by atoms with Crippen LogP contribution in [-0.2, 0) is 52.4 Å². The van der Waals surface area contributed by atoms with Crippen LogP contribution in [0.15, 0.2) is 0 Å². The third-order valence-corrected chi connectivity index (χ3v) is 3.23. The van der Waals surface area contributed by atoms with Gasteiger partial charge in [-0.05, 0) is 0 Å². The highest BCUT2D eigenvalue weighted by atomic mass is 16.8. The Balaban J connectivity index is 3.20. The van der Waals surface area contributed by atoms with Crippen LogP contribution in [0.3, 0.4) is 0 Å². The monoisotopic (exact) mass is 390 g/mol. The van der Waals surface area contributed by atoms with Crippen molar-refractivity contribution in [2.45, 2.75) is 65.3 Å². The molecule has 0 spiro atoms. The summed E-state index contributed by atoms with van der Waals surface area (Å²) in [7, 11) is 0. The molecule has 0 aromatic carbocycles. The second-order valence-electron chi connectivity index (χ2n) is 5.68. The van der Waals surface area contributed by atoms with Crippen LogP contribution in [-0.4, -0.2) is 67.2 Å². The highest BCUT2D eigenvalue weighted by Crippen LogP contribution is 2.31. The van der Waals surface area contributed by atoms with Crippen LogP contribution in [0.25, 0.3) is 0 Å². The van der Waals surface area contributed by atoms with Crippen molar-refractivity contribution in [3.8, 4) is 0 Å². The van der Waals surface area contributed by atoms with Crippen molar-refractivity contribution >= 4 is 29.8 Å². The molecule has 5 atom stereocenters. The summed E-state index contributed by atoms with van der Waals surface area (Å²) < 4.78 is 30.7. The first-order valence-electron chi connectivity index (χ1n) is 7.99. The molecule has 0 saturated carbocycles. The fourth-order valence-corrected chi connectivity index (χ4v) is 2.46. The lowest BCUT2D eigenvalue weighted by Gasteiger charge is -2.27. The second kappa shape index (κ2) is 9.86. The van der Waals surface area contributed by atoms with Crippen molar-refractivity contribution in [3.05, 3.63) is 0 Å². The molecule has 1 unspecified atom stereocenters. The molecule has 0 amide bonds. The molecule has 1 aliphatic rings. The number of hydrogen-bond donors (Lipinski definition) is 0. The Hall–Kier alpha value is -2.69. The summed E-state index contributed by atoms with van der Waals surface area (Å²) in [6.45, 7) is 5.15. The van der Waals surface area contributed by atoms with E-state index in [-0.39, 0.29) is 0 Å². The third-order valence-electron chi connectivity index (χ3n) is 3.23. The van der Waals surface area contributed by atoms with Crippen LogP contribution in [0, 0.1) is 0 Å². The van der Waals surface area contributed by atoms with Gasteiger partial charge in [0, 0.05) is 34.6 Å². The smallest absolute Gasteiger partial charge is 0.305 e. The van der Waals surface area contributed by atoms with Crippen molar-refractivity contribution in [2.24, 2.45) is 0 Å². The fraction of sp³-hybridized carbons (Fsp3) is 0.688. The number of ether oxygens (including phenoxy) is 6. The molecule has 0 bridgehead atoms. The molecule has 0 aromatic heterocycles. The molecule has 1 fully saturated rings. The Morgan fingerprint density at radius 3 is 1.70 bits per heavy atom. The van der Waals surface area contributed by atoms with Crippen molar-refractivity contribution in [2.75, 3.05) is 6.61 Å². The van der Waals surface area contributed by atoms with Gasteiger partial charge in [0.25, 0.3) is 0 Å². The molecule has 152 valence electrons. The standard InChI is InChI=1S/C16H22O11/c1-7(17)22-6-12(23-8(2)18)13-14(24-9(3)19)15(25-10(4)20)16(27-13)26-11(5)21/h12-16H,6H2,1-5H3/t12-,13-,14+,15-,16?/m1/s1. The predicted octanol–water partition coefficient (Wildman–Crippen LogP) is -0.367. The van der Waals surface area contributed by atoms with Crippen LogP contribution in [0.1, 0.15) is 34.6 Å². The second-order valence-corrected chi connectivity index (χ2v) is 5.68. The molecule has 1 aliphatic heterocycles. The minimum atomic E-state index is -1.42. The quantitative estimate of drug-likeness (QED) is 0.415. The molecular formula is C16H22O11. The normalized spacial score (nSPS) is 25.1. The molecule has 11 heteroatoms. The zero-order chi connectivity index (χ0) is 20.7. The van der Waals surface area contributed by atoms with Gasteiger partial charge in [-0.25, -0.2) is 0 Å². The van der Waals surface area contributed by atoms with Gasteiger partial charge in [0.15, 0.2) is 12.2 Å². The van der Waals surface area contributed by atoms with E-state index >= 15 is 0 Å². The SMILES string of the molecule is CC(=O)OC[C@@H](OC(C)=O)[C@H]1OC(OC(C)=O)[C@H](OC(C)=O)[C@H]1OC(C)=O. The molecule has 11 nitrogen and oxygen atoms in total. The van der Waals surface area contributed by atoms with Gasteiger partial charge in [-0.3, -0.25) is 24.0 Å². The molecule has 1 rings (SSSR count). The first-order valence-corrected chi connectivity index (χ1v) is 7.99. The van der Waals surface area contributed by atoms with E-state index in [1.807, 2.05) is 0 Å². The summed E-state index contributed by atoms with van der Waals surface area (Å²) in [5, 5.41) is 0. The number of esters is 5. The molecule has 0 radical (unpaired) electrons. The molecule has 1 heterocycles. The summed E-state index contributed by atoms with van der Waals surface area (Å²) in [6.07, 6.45) is -6.46. The minimum Gasteiger partial charge on any atom is -0.462 e. The zero-order valence-corrected chi connectivity index (χ0v) is 15.6. The number of hydrogen-bond acceptors (Lipinski definition) is 11. The van der Waals surface area contributed by atoms with Crippen LogP contribution in [0.5, 0.6) is 0 Å². The molecular weight excluding hydrogens is 368 g/mol. The maximum Gasteiger partial charge on any atom is 0.305 e. The minimum absolute atomic E-state index is 0.420. The Morgan fingerprint density at radius 1 is 0.741 bits per heavy atom. The lowest BCUT2D eigenvalue weighted by molar-refractivity contribution is -0.203. The first-order chi connectivity index (χ1) is 12.5. The number of rotatable bonds is 7. The summed E-state index contributed by atoms with van der Waals surface area (Å²) in [6, 6.07) is 0. The van der Waals surface area contributed by atoms with E-state index in [1.54, 1.807) is 0 Å². The van der Waals surface area contributed by atoms with Crippen molar-refractivity contribution in [1.29, 1.82) is 0 Å². The van der Waals surface area contributed by atoms with Gasteiger partial charge in [0.05, 0.1) is 0 Å². The van der Waals surface area contributed by atoms with E-state index in [0.29, 0.717) is 0 Å². The molecule has 27 heavy (non-hydrogen) atoms. The molecule has 0 aliphatic carbocycles. The maximum atomic E-state index is 11.5. The topological polar surface area (TPSA) is 141 Å². The Morgan fingerprint density at radius 2 is 1.26 bits per heavy atom. The average Bonchev–Trinajstić information content (AvgIpc) is 2.79. The van der Waals surface area contributed by atoms with Crippen molar-refractivity contribution in [3.63, 3.8) is 0 Å². The Kier molecular flexibility index (Phi) is 8.16. The molecule has 0 aromatic rings. The van der Waals surface area contributed by atoms with E-state index < -0.39 is 67.2 Å². The van der Waals surface area contributed by atoms with Gasteiger partial charge in [-0.2, -0.15) is 0 Å². The van der Waals surface area contributed by atoms with Crippen LogP contribution < -0.4 is 0 Å². The molecule has 1 saturated heterocycles. The third kappa shape index (κ3) is 7.21. The van der Waals surface area contributed by atoms with E-state index in [2.05, 4.69) is 0 Å². The van der Waals surface area contributed by atoms with Crippen LogP contribution >= 0.6 is 0 Å². The van der Waals surface area contributed by atoms with Gasteiger partial charge >= 0.3 is 29.8 Å². The fourth-order valence-electron chi connectivity index (χ4n) is 2.46. The summed E-state index contributed by atoms with van der Waals surface area (Å²) in [5.74, 6) is -3.62. The summed E-state index contributed by atoms with van der Waals surface area (Å²) >= 11 is 0. The van der Waals surface area contributed by atoms with Crippen LogP contribution in [0.2, 0.25) is 0 Å². The van der Waals surface area contributed by atoms with E-state index in [1.165, 1.54) is 0 Å². The largest absolute Gasteiger partial charge is 0.462 e. The van der Waals surface area contributed by atoms with Gasteiger partial charge in [-0.1, -0.05) is 0 Å².